The highest BCUT2D eigenvalue weighted by Gasteiger charge is 2.46. The number of rotatable bonds is 1. The van der Waals surface area contributed by atoms with Gasteiger partial charge in [-0.05, 0) is 41.7 Å². The van der Waals surface area contributed by atoms with Crippen LogP contribution in [0.25, 0.3) is 10.8 Å². The maximum absolute atomic E-state index is 10.8. The number of hydrogen-bond donors (Lipinski definition) is 3. The second kappa shape index (κ2) is 8.14. The smallest absolute Gasteiger partial charge is 0.294 e. The highest BCUT2D eigenvalue weighted by molar-refractivity contribution is 7.85. The molecule has 0 radical (unpaired) electrons. The monoisotopic (exact) mass is 402 g/mol. The molecule has 2 aromatic carbocycles. The first kappa shape index (κ1) is 20.7. The standard InChI is InChI=1S/C11H16N2.C10H8O3S.H2O/c12-9-6-5-8-7-3-1-2-4-10(7)13-11(8)9;11-14(12,13)10-6-5-8-3-1-2-4-9(8)7-10;/h1-4,7-11,13H,5-6,12H2;1-7H,(H,11,12,13);1H2. The van der Waals surface area contributed by atoms with Gasteiger partial charge in [0.2, 0.25) is 0 Å². The number of benzene rings is 2. The highest BCUT2D eigenvalue weighted by atomic mass is 32.2. The molecular formula is C21H26N2O4S. The van der Waals surface area contributed by atoms with Crippen molar-refractivity contribution in [2.24, 2.45) is 17.6 Å². The Morgan fingerprint density at radius 3 is 2.46 bits per heavy atom. The quantitative estimate of drug-likeness (QED) is 0.630. The van der Waals surface area contributed by atoms with Gasteiger partial charge >= 0.3 is 0 Å². The number of fused-ring (bicyclic) bond motifs is 4. The Hall–Kier alpha value is -2.03. The Balaban J connectivity index is 0.000000155. The minimum atomic E-state index is -4.09. The highest BCUT2D eigenvalue weighted by Crippen LogP contribution is 2.40. The summed E-state index contributed by atoms with van der Waals surface area (Å²) in [4.78, 5) is -0.0730. The molecule has 6 N–H and O–H groups in total. The molecular weight excluding hydrogens is 376 g/mol. The van der Waals surface area contributed by atoms with Crippen LogP contribution in [0.5, 0.6) is 0 Å². The molecule has 1 saturated carbocycles. The Morgan fingerprint density at radius 1 is 1.00 bits per heavy atom. The maximum Gasteiger partial charge on any atom is 0.294 e. The van der Waals surface area contributed by atoms with Gasteiger partial charge in [-0.1, -0.05) is 54.6 Å². The molecule has 0 spiro atoms. The first-order chi connectivity index (χ1) is 12.9. The number of nitrogens with two attached hydrogens (primary N) is 1. The average molecular weight is 403 g/mol. The fraction of sp³-hybridized carbons (Fsp3) is 0.333. The lowest BCUT2D eigenvalue weighted by atomic mass is 9.86. The van der Waals surface area contributed by atoms with E-state index in [1.165, 1.54) is 25.0 Å². The lowest BCUT2D eigenvalue weighted by Crippen LogP contribution is -2.41. The minimum Gasteiger partial charge on any atom is -0.412 e. The molecule has 28 heavy (non-hydrogen) atoms. The molecule has 5 unspecified atom stereocenters. The molecule has 1 heterocycles. The van der Waals surface area contributed by atoms with Gasteiger partial charge in [-0.2, -0.15) is 8.42 Å². The molecule has 150 valence electrons. The predicted molar refractivity (Wildman–Crippen MR) is 111 cm³/mol. The largest absolute Gasteiger partial charge is 0.412 e. The topological polar surface area (TPSA) is 124 Å². The van der Waals surface area contributed by atoms with E-state index in [-0.39, 0.29) is 10.4 Å². The van der Waals surface area contributed by atoms with Crippen molar-refractivity contribution >= 4 is 20.9 Å². The van der Waals surface area contributed by atoms with Gasteiger partial charge in [-0.15, -0.1) is 0 Å². The van der Waals surface area contributed by atoms with Crippen LogP contribution < -0.4 is 11.1 Å². The molecule has 1 aliphatic heterocycles. The van der Waals surface area contributed by atoms with Crippen LogP contribution in [0.15, 0.2) is 71.7 Å². The summed E-state index contributed by atoms with van der Waals surface area (Å²) in [7, 11) is -4.09. The van der Waals surface area contributed by atoms with Crippen LogP contribution in [0.4, 0.5) is 0 Å². The van der Waals surface area contributed by atoms with Gasteiger partial charge < -0.3 is 16.5 Å². The molecule has 0 amide bonds. The van der Waals surface area contributed by atoms with Crippen LogP contribution in [0.3, 0.4) is 0 Å². The summed E-state index contributed by atoms with van der Waals surface area (Å²) in [5.74, 6) is 1.50. The second-order valence-corrected chi connectivity index (χ2v) is 8.88. The van der Waals surface area contributed by atoms with Crippen molar-refractivity contribution in [3.63, 3.8) is 0 Å². The van der Waals surface area contributed by atoms with E-state index in [2.05, 4.69) is 29.6 Å². The van der Waals surface area contributed by atoms with E-state index >= 15 is 0 Å². The van der Waals surface area contributed by atoms with Gasteiger partial charge in [0.25, 0.3) is 10.1 Å². The van der Waals surface area contributed by atoms with Crippen LogP contribution in [0, 0.1) is 11.8 Å². The molecule has 6 nitrogen and oxygen atoms in total. The molecule has 2 aliphatic carbocycles. The molecule has 2 aromatic rings. The molecule has 0 aromatic heterocycles. The lowest BCUT2D eigenvalue weighted by Gasteiger charge is -2.18. The zero-order valence-corrected chi connectivity index (χ0v) is 16.2. The molecule has 5 rings (SSSR count). The number of nitrogens with one attached hydrogen (secondary N) is 1. The van der Waals surface area contributed by atoms with Crippen molar-refractivity contribution in [3.05, 3.63) is 66.8 Å². The third kappa shape index (κ3) is 4.04. The summed E-state index contributed by atoms with van der Waals surface area (Å²) in [6.45, 7) is 0. The summed E-state index contributed by atoms with van der Waals surface area (Å²) in [6.07, 6.45) is 11.4. The zero-order valence-electron chi connectivity index (χ0n) is 15.4. The van der Waals surface area contributed by atoms with Gasteiger partial charge in [0.1, 0.15) is 0 Å². The Bertz CT molecular complexity index is 1000. The van der Waals surface area contributed by atoms with E-state index in [0.717, 1.165) is 16.7 Å². The van der Waals surface area contributed by atoms with Gasteiger partial charge in [-0.25, -0.2) is 0 Å². The normalized spacial score (nSPS) is 30.1. The van der Waals surface area contributed by atoms with E-state index in [1.807, 2.05) is 18.2 Å². The Morgan fingerprint density at radius 2 is 1.71 bits per heavy atom. The van der Waals surface area contributed by atoms with Crippen LogP contribution in [0.2, 0.25) is 0 Å². The van der Waals surface area contributed by atoms with Crippen molar-refractivity contribution in [1.29, 1.82) is 0 Å². The van der Waals surface area contributed by atoms with Gasteiger partial charge in [0, 0.05) is 24.0 Å². The van der Waals surface area contributed by atoms with E-state index in [4.69, 9.17) is 10.3 Å². The number of hydrogen-bond acceptors (Lipinski definition) is 4. The molecule has 7 heteroatoms. The number of allylic oxidation sites excluding steroid dienone is 2. The van der Waals surface area contributed by atoms with E-state index < -0.39 is 10.1 Å². The summed E-state index contributed by atoms with van der Waals surface area (Å²) in [6, 6.07) is 13.4. The summed E-state index contributed by atoms with van der Waals surface area (Å²) in [5, 5.41) is 5.38. The predicted octanol–water partition coefficient (Wildman–Crippen LogP) is 2.07. The molecule has 1 saturated heterocycles. The van der Waals surface area contributed by atoms with E-state index in [1.54, 1.807) is 12.1 Å². The van der Waals surface area contributed by atoms with Crippen molar-refractivity contribution in [3.8, 4) is 0 Å². The molecule has 2 fully saturated rings. The summed E-state index contributed by atoms with van der Waals surface area (Å²) < 4.78 is 30.5. The van der Waals surface area contributed by atoms with Crippen LogP contribution in [0.1, 0.15) is 12.8 Å². The Kier molecular flexibility index (Phi) is 6.02. The van der Waals surface area contributed by atoms with Crippen LogP contribution in [-0.4, -0.2) is 36.6 Å². The molecule has 5 atom stereocenters. The molecule has 0 bridgehead atoms. The average Bonchev–Trinajstić information content (AvgIpc) is 3.21. The van der Waals surface area contributed by atoms with E-state index in [0.29, 0.717) is 24.0 Å². The molecule has 3 aliphatic rings. The van der Waals surface area contributed by atoms with Crippen molar-refractivity contribution in [2.45, 2.75) is 35.9 Å². The van der Waals surface area contributed by atoms with Gasteiger partial charge in [-0.3, -0.25) is 4.55 Å². The minimum absolute atomic E-state index is 0. The lowest BCUT2D eigenvalue weighted by molar-refractivity contribution is 0.439. The second-order valence-electron chi connectivity index (χ2n) is 7.45. The summed E-state index contributed by atoms with van der Waals surface area (Å²) in [5.41, 5.74) is 6.06. The third-order valence-corrected chi connectivity index (χ3v) is 6.68. The first-order valence-corrected chi connectivity index (χ1v) is 10.7. The van der Waals surface area contributed by atoms with Gasteiger partial charge in [0.15, 0.2) is 0 Å². The van der Waals surface area contributed by atoms with Crippen molar-refractivity contribution < 1.29 is 18.4 Å². The van der Waals surface area contributed by atoms with E-state index in [9.17, 15) is 8.42 Å². The van der Waals surface area contributed by atoms with Crippen LogP contribution in [-0.2, 0) is 10.1 Å². The first-order valence-electron chi connectivity index (χ1n) is 9.26. The fourth-order valence-electron chi connectivity index (χ4n) is 4.49. The summed E-state index contributed by atoms with van der Waals surface area (Å²) >= 11 is 0. The van der Waals surface area contributed by atoms with Crippen LogP contribution >= 0.6 is 0 Å². The Labute approximate surface area is 165 Å². The maximum atomic E-state index is 10.8. The zero-order chi connectivity index (χ0) is 19.0. The van der Waals surface area contributed by atoms with Crippen molar-refractivity contribution in [2.75, 3.05) is 0 Å². The van der Waals surface area contributed by atoms with Crippen molar-refractivity contribution in [1.82, 2.24) is 5.32 Å². The third-order valence-electron chi connectivity index (χ3n) is 5.83. The fourth-order valence-corrected chi connectivity index (χ4v) is 5.01. The SMILES string of the molecule is NC1CCC2C3C=CC=CC3NC12.O.O=S(=O)(O)c1ccc2ccccc2c1. The van der Waals surface area contributed by atoms with Gasteiger partial charge in [0.05, 0.1) is 4.90 Å².